The van der Waals surface area contributed by atoms with E-state index in [9.17, 15) is 22.0 Å². The first-order chi connectivity index (χ1) is 18.7. The van der Waals surface area contributed by atoms with Crippen LogP contribution >= 0.6 is 11.3 Å². The lowest BCUT2D eigenvalue weighted by atomic mass is 10.2. The summed E-state index contributed by atoms with van der Waals surface area (Å²) in [5, 5.41) is 0.259. The number of morpholine rings is 1. The Bertz CT molecular complexity index is 1380. The number of fused-ring (bicyclic) bond motifs is 1. The lowest BCUT2D eigenvalue weighted by Crippen LogP contribution is -2.39. The Labute approximate surface area is 232 Å². The smallest absolute Gasteiger partial charge is 0.260 e. The molecule has 1 fully saturated rings. The van der Waals surface area contributed by atoms with Gasteiger partial charge in [-0.05, 0) is 43.2 Å². The molecule has 2 aromatic carbocycles. The minimum atomic E-state index is -3.69. The van der Waals surface area contributed by atoms with Crippen molar-refractivity contribution < 1.29 is 26.7 Å². The molecule has 1 saturated heterocycles. The summed E-state index contributed by atoms with van der Waals surface area (Å²) >= 11 is 1.04. The number of aromatic nitrogens is 1. The van der Waals surface area contributed by atoms with Crippen molar-refractivity contribution in [3.05, 3.63) is 53.6 Å². The summed E-state index contributed by atoms with van der Waals surface area (Å²) in [5.74, 6) is -1.89. The van der Waals surface area contributed by atoms with Crippen LogP contribution < -0.4 is 4.90 Å². The maximum atomic E-state index is 14.4. The van der Waals surface area contributed by atoms with E-state index in [0.29, 0.717) is 44.0 Å². The van der Waals surface area contributed by atoms with Gasteiger partial charge in [0, 0.05) is 50.9 Å². The Balaban J connectivity index is 1.59. The van der Waals surface area contributed by atoms with Gasteiger partial charge in [0.1, 0.15) is 11.3 Å². The Kier molecular flexibility index (Phi) is 10.00. The minimum absolute atomic E-state index is 0.00977. The molecule has 4 rings (SSSR count). The number of halogens is 2. The van der Waals surface area contributed by atoms with E-state index in [-0.39, 0.29) is 27.0 Å². The van der Waals surface area contributed by atoms with Crippen LogP contribution in [0, 0.1) is 11.6 Å². The van der Waals surface area contributed by atoms with Gasteiger partial charge in [0.25, 0.3) is 5.91 Å². The third-order valence-corrected chi connectivity index (χ3v) is 9.70. The number of rotatable bonds is 12. The van der Waals surface area contributed by atoms with E-state index in [0.717, 1.165) is 49.9 Å². The maximum Gasteiger partial charge on any atom is 0.260 e. The molecule has 1 aliphatic heterocycles. The average molecular weight is 581 g/mol. The maximum absolute atomic E-state index is 14.4. The molecule has 8 nitrogen and oxygen atoms in total. The predicted octanol–water partition coefficient (Wildman–Crippen LogP) is 4.75. The Morgan fingerprint density at radius 2 is 1.79 bits per heavy atom. The molecule has 3 aromatic rings. The molecule has 0 saturated carbocycles. The second-order valence-electron chi connectivity index (χ2n) is 9.37. The van der Waals surface area contributed by atoms with E-state index in [2.05, 4.69) is 9.88 Å². The van der Waals surface area contributed by atoms with Gasteiger partial charge in [-0.2, -0.15) is 4.31 Å². The molecule has 0 bridgehead atoms. The number of carbonyl (C=O) groups excluding carboxylic acids is 1. The molecular formula is C27H34F2N4O4S2. The molecule has 12 heteroatoms. The summed E-state index contributed by atoms with van der Waals surface area (Å²) in [5.41, 5.74) is 0.290. The highest BCUT2D eigenvalue weighted by Gasteiger charge is 2.26. The normalized spacial score (nSPS) is 14.8. The van der Waals surface area contributed by atoms with Crippen LogP contribution in [-0.2, 0) is 14.8 Å². The average Bonchev–Trinajstić information content (AvgIpc) is 3.36. The summed E-state index contributed by atoms with van der Waals surface area (Å²) < 4.78 is 61.5. The van der Waals surface area contributed by atoms with Gasteiger partial charge < -0.3 is 4.74 Å². The van der Waals surface area contributed by atoms with Crippen molar-refractivity contribution in [2.24, 2.45) is 0 Å². The third-order valence-electron chi connectivity index (χ3n) is 6.69. The van der Waals surface area contributed by atoms with Crippen LogP contribution in [0.3, 0.4) is 0 Å². The Hall–Kier alpha value is -2.51. The van der Waals surface area contributed by atoms with Gasteiger partial charge in [-0.3, -0.25) is 14.6 Å². The van der Waals surface area contributed by atoms with Crippen LogP contribution in [0.1, 0.15) is 43.5 Å². The summed E-state index contributed by atoms with van der Waals surface area (Å²) in [6.45, 7) is 8.57. The fourth-order valence-electron chi connectivity index (χ4n) is 4.48. The monoisotopic (exact) mass is 580 g/mol. The number of nitrogens with zero attached hydrogens (tertiary/aromatic N) is 4. The summed E-state index contributed by atoms with van der Waals surface area (Å²) in [7, 11) is -3.69. The van der Waals surface area contributed by atoms with Gasteiger partial charge in [-0.15, -0.1) is 0 Å². The fraction of sp³-hybridized carbons (Fsp3) is 0.481. The highest BCUT2D eigenvalue weighted by atomic mass is 32.2. The van der Waals surface area contributed by atoms with E-state index in [1.807, 2.05) is 6.92 Å². The van der Waals surface area contributed by atoms with Gasteiger partial charge in [0.2, 0.25) is 10.0 Å². The van der Waals surface area contributed by atoms with E-state index < -0.39 is 21.7 Å². The summed E-state index contributed by atoms with van der Waals surface area (Å²) in [4.78, 5) is 21.8. The number of anilines is 1. The molecule has 0 unspecified atom stereocenters. The zero-order valence-corrected chi connectivity index (χ0v) is 23.9. The molecule has 212 valence electrons. The van der Waals surface area contributed by atoms with E-state index in [1.165, 1.54) is 39.5 Å². The standard InChI is InChI=1S/C27H34F2N4O4S2/c1-3-5-12-32(4-2)39(35,36)22-9-7-20(8-10-22)26(34)33(13-6-11-31-14-16-37-17-15-31)27-30-25-23(29)18-21(28)19-24(25)38-27/h7-10,18-19H,3-6,11-17H2,1-2H3. The van der Waals surface area contributed by atoms with E-state index >= 15 is 0 Å². The zero-order valence-electron chi connectivity index (χ0n) is 22.2. The molecule has 2 heterocycles. The molecule has 1 aliphatic rings. The number of amides is 1. The molecule has 0 N–H and O–H groups in total. The predicted molar refractivity (Wildman–Crippen MR) is 149 cm³/mol. The SMILES string of the molecule is CCCCN(CC)S(=O)(=O)c1ccc(C(=O)N(CCCN2CCOCC2)c2nc3c(F)cc(F)cc3s2)cc1. The van der Waals surface area contributed by atoms with Crippen LogP contribution in [0.4, 0.5) is 13.9 Å². The first-order valence-corrected chi connectivity index (χ1v) is 15.5. The van der Waals surface area contributed by atoms with E-state index in [1.54, 1.807) is 6.92 Å². The topological polar surface area (TPSA) is 83.1 Å². The Morgan fingerprint density at radius 3 is 2.46 bits per heavy atom. The number of hydrogen-bond acceptors (Lipinski definition) is 7. The van der Waals surface area contributed by atoms with Crippen LogP contribution in [-0.4, -0.2) is 81.0 Å². The number of unbranched alkanes of at least 4 members (excludes halogenated alkanes) is 1. The van der Waals surface area contributed by atoms with Crippen molar-refractivity contribution in [3.63, 3.8) is 0 Å². The quantitative estimate of drug-likeness (QED) is 0.308. The highest BCUT2D eigenvalue weighted by Crippen LogP contribution is 2.32. The number of thiazole rings is 1. The van der Waals surface area contributed by atoms with Crippen molar-refractivity contribution >= 4 is 42.6 Å². The fourth-order valence-corrected chi connectivity index (χ4v) is 7.00. The Morgan fingerprint density at radius 1 is 1.08 bits per heavy atom. The van der Waals surface area contributed by atoms with Crippen LogP contribution in [0.15, 0.2) is 41.3 Å². The molecule has 1 amide bonds. The molecule has 1 aromatic heterocycles. The lowest BCUT2D eigenvalue weighted by molar-refractivity contribution is 0.0376. The second kappa shape index (κ2) is 13.2. The third kappa shape index (κ3) is 6.98. The first-order valence-electron chi connectivity index (χ1n) is 13.2. The van der Waals surface area contributed by atoms with Crippen molar-refractivity contribution in [3.8, 4) is 0 Å². The van der Waals surface area contributed by atoms with Crippen molar-refractivity contribution in [1.82, 2.24) is 14.2 Å². The van der Waals surface area contributed by atoms with Gasteiger partial charge >= 0.3 is 0 Å². The van der Waals surface area contributed by atoms with Gasteiger partial charge in [-0.25, -0.2) is 22.2 Å². The number of benzene rings is 2. The van der Waals surface area contributed by atoms with Crippen LogP contribution in [0.25, 0.3) is 10.2 Å². The molecular weight excluding hydrogens is 546 g/mol. The largest absolute Gasteiger partial charge is 0.379 e. The highest BCUT2D eigenvalue weighted by molar-refractivity contribution is 7.89. The van der Waals surface area contributed by atoms with Crippen molar-refractivity contribution in [2.45, 2.75) is 38.0 Å². The number of hydrogen-bond donors (Lipinski definition) is 0. The number of carbonyl (C=O) groups is 1. The summed E-state index contributed by atoms with van der Waals surface area (Å²) in [6, 6.07) is 7.84. The lowest BCUT2D eigenvalue weighted by Gasteiger charge is -2.27. The van der Waals surface area contributed by atoms with Gasteiger partial charge in [0.15, 0.2) is 10.9 Å². The van der Waals surface area contributed by atoms with Crippen LogP contribution in [0.5, 0.6) is 0 Å². The van der Waals surface area contributed by atoms with Crippen LogP contribution in [0.2, 0.25) is 0 Å². The van der Waals surface area contributed by atoms with E-state index in [4.69, 9.17) is 4.74 Å². The number of ether oxygens (including phenoxy) is 1. The van der Waals surface area contributed by atoms with Crippen molar-refractivity contribution in [2.75, 3.05) is 57.4 Å². The first kappa shape index (κ1) is 29.5. The molecule has 0 spiro atoms. The van der Waals surface area contributed by atoms with Gasteiger partial charge in [0.05, 0.1) is 22.8 Å². The summed E-state index contributed by atoms with van der Waals surface area (Å²) in [6.07, 6.45) is 2.27. The molecule has 0 atom stereocenters. The van der Waals surface area contributed by atoms with Gasteiger partial charge in [-0.1, -0.05) is 31.6 Å². The number of sulfonamides is 1. The van der Waals surface area contributed by atoms with Crippen molar-refractivity contribution in [1.29, 1.82) is 0 Å². The molecule has 0 radical (unpaired) electrons. The second-order valence-corrected chi connectivity index (χ2v) is 12.3. The zero-order chi connectivity index (χ0) is 28.0. The molecule has 39 heavy (non-hydrogen) atoms. The minimum Gasteiger partial charge on any atom is -0.379 e. The molecule has 0 aliphatic carbocycles.